The standard InChI is InChI=1S/C19H17FN2O2/c1-2-10-24-18-9-8-14(11-17(18)20)19-15(13-23)12-22(21-19)16-6-4-3-5-7-16/h3-9,11-13H,2,10H2,1H3. The van der Waals surface area contributed by atoms with Gasteiger partial charge < -0.3 is 4.74 Å². The molecule has 0 bridgehead atoms. The molecule has 3 aromatic rings. The topological polar surface area (TPSA) is 44.1 Å². The van der Waals surface area contributed by atoms with Gasteiger partial charge in [0.1, 0.15) is 5.69 Å². The smallest absolute Gasteiger partial charge is 0.165 e. The molecule has 0 aliphatic rings. The number of para-hydroxylation sites is 1. The van der Waals surface area contributed by atoms with Crippen LogP contribution in [0.5, 0.6) is 5.75 Å². The van der Waals surface area contributed by atoms with Crippen LogP contribution in [0.1, 0.15) is 23.7 Å². The highest BCUT2D eigenvalue weighted by atomic mass is 19.1. The average molecular weight is 324 g/mol. The van der Waals surface area contributed by atoms with Crippen LogP contribution in [-0.2, 0) is 0 Å². The Morgan fingerprint density at radius 2 is 2.00 bits per heavy atom. The molecule has 0 aliphatic heterocycles. The van der Waals surface area contributed by atoms with Gasteiger partial charge >= 0.3 is 0 Å². The van der Waals surface area contributed by atoms with Crippen molar-refractivity contribution in [1.29, 1.82) is 0 Å². The summed E-state index contributed by atoms with van der Waals surface area (Å²) >= 11 is 0. The van der Waals surface area contributed by atoms with Gasteiger partial charge in [0.15, 0.2) is 17.9 Å². The van der Waals surface area contributed by atoms with Crippen LogP contribution in [-0.4, -0.2) is 22.7 Å². The fourth-order valence-electron chi connectivity index (χ4n) is 2.39. The van der Waals surface area contributed by atoms with Crippen molar-refractivity contribution in [2.45, 2.75) is 13.3 Å². The van der Waals surface area contributed by atoms with E-state index in [-0.39, 0.29) is 5.75 Å². The van der Waals surface area contributed by atoms with E-state index in [1.165, 1.54) is 6.07 Å². The second kappa shape index (κ2) is 7.08. The zero-order valence-electron chi connectivity index (χ0n) is 13.3. The molecule has 1 aromatic heterocycles. The van der Waals surface area contributed by atoms with Crippen molar-refractivity contribution in [2.75, 3.05) is 6.61 Å². The van der Waals surface area contributed by atoms with Gasteiger partial charge in [-0.3, -0.25) is 4.79 Å². The molecule has 0 atom stereocenters. The van der Waals surface area contributed by atoms with Crippen molar-refractivity contribution >= 4 is 6.29 Å². The lowest BCUT2D eigenvalue weighted by Gasteiger charge is -2.07. The number of hydrogen-bond donors (Lipinski definition) is 0. The van der Waals surface area contributed by atoms with Crippen LogP contribution in [0.2, 0.25) is 0 Å². The van der Waals surface area contributed by atoms with E-state index in [2.05, 4.69) is 5.10 Å². The van der Waals surface area contributed by atoms with Gasteiger partial charge in [0, 0.05) is 11.8 Å². The summed E-state index contributed by atoms with van der Waals surface area (Å²) in [6, 6.07) is 14.1. The number of rotatable bonds is 6. The lowest BCUT2D eigenvalue weighted by atomic mass is 10.1. The van der Waals surface area contributed by atoms with Gasteiger partial charge in [-0.25, -0.2) is 9.07 Å². The van der Waals surface area contributed by atoms with Crippen LogP contribution in [0.15, 0.2) is 54.7 Å². The number of ether oxygens (including phenoxy) is 1. The minimum Gasteiger partial charge on any atom is -0.491 e. The first-order valence-electron chi connectivity index (χ1n) is 7.76. The third-order valence-electron chi connectivity index (χ3n) is 3.56. The molecule has 3 rings (SSSR count). The number of aldehydes is 1. The van der Waals surface area contributed by atoms with Crippen molar-refractivity contribution in [3.8, 4) is 22.7 Å². The van der Waals surface area contributed by atoms with Crippen LogP contribution in [0, 0.1) is 5.82 Å². The molecular formula is C19H17FN2O2. The molecule has 5 heteroatoms. The van der Waals surface area contributed by atoms with E-state index in [4.69, 9.17) is 4.74 Å². The number of hydrogen-bond acceptors (Lipinski definition) is 3. The molecule has 0 spiro atoms. The van der Waals surface area contributed by atoms with Crippen LogP contribution in [0.25, 0.3) is 16.9 Å². The average Bonchev–Trinajstić information content (AvgIpc) is 3.06. The van der Waals surface area contributed by atoms with E-state index in [1.54, 1.807) is 23.0 Å². The van der Waals surface area contributed by atoms with Crippen molar-refractivity contribution in [2.24, 2.45) is 0 Å². The lowest BCUT2D eigenvalue weighted by molar-refractivity contribution is 0.112. The number of aromatic nitrogens is 2. The summed E-state index contributed by atoms with van der Waals surface area (Å²) in [7, 11) is 0. The molecule has 0 saturated heterocycles. The minimum atomic E-state index is -0.466. The monoisotopic (exact) mass is 324 g/mol. The summed E-state index contributed by atoms with van der Waals surface area (Å²) in [6.07, 6.45) is 3.16. The molecule has 0 amide bonds. The third kappa shape index (κ3) is 3.20. The zero-order chi connectivity index (χ0) is 16.9. The fraction of sp³-hybridized carbons (Fsp3) is 0.158. The summed E-state index contributed by atoms with van der Waals surface area (Å²) in [5, 5.41) is 4.43. The molecule has 4 nitrogen and oxygen atoms in total. The van der Waals surface area contributed by atoms with Crippen LogP contribution < -0.4 is 4.74 Å². The Balaban J connectivity index is 1.98. The largest absolute Gasteiger partial charge is 0.491 e. The lowest BCUT2D eigenvalue weighted by Crippen LogP contribution is -1.98. The molecule has 0 saturated carbocycles. The summed E-state index contributed by atoms with van der Waals surface area (Å²) in [5.74, 6) is -0.261. The van der Waals surface area contributed by atoms with E-state index in [0.29, 0.717) is 23.4 Å². The first kappa shape index (κ1) is 15.9. The maximum Gasteiger partial charge on any atom is 0.165 e. The molecule has 1 heterocycles. The van der Waals surface area contributed by atoms with E-state index in [0.717, 1.165) is 18.4 Å². The normalized spacial score (nSPS) is 10.6. The first-order chi connectivity index (χ1) is 11.7. The minimum absolute atomic E-state index is 0.204. The summed E-state index contributed by atoms with van der Waals surface area (Å²) in [6.45, 7) is 2.41. The molecule has 0 fully saturated rings. The van der Waals surface area contributed by atoms with E-state index in [9.17, 15) is 9.18 Å². The molecule has 0 unspecified atom stereocenters. The van der Waals surface area contributed by atoms with Crippen LogP contribution in [0.3, 0.4) is 0 Å². The Labute approximate surface area is 139 Å². The maximum absolute atomic E-state index is 14.2. The van der Waals surface area contributed by atoms with Gasteiger partial charge in [0.2, 0.25) is 0 Å². The molecular weight excluding hydrogens is 307 g/mol. The van der Waals surface area contributed by atoms with E-state index >= 15 is 0 Å². The summed E-state index contributed by atoms with van der Waals surface area (Å²) < 4.78 is 21.1. The van der Waals surface area contributed by atoms with Crippen molar-refractivity contribution in [3.05, 3.63) is 66.1 Å². The van der Waals surface area contributed by atoms with Gasteiger partial charge in [0.25, 0.3) is 0 Å². The Bertz CT molecular complexity index is 844. The molecule has 2 aromatic carbocycles. The van der Waals surface area contributed by atoms with Gasteiger partial charge in [-0.05, 0) is 36.8 Å². The van der Waals surface area contributed by atoms with Crippen molar-refractivity contribution in [1.82, 2.24) is 9.78 Å². The summed E-state index contributed by atoms with van der Waals surface area (Å²) in [5.41, 5.74) is 2.21. The number of benzene rings is 2. The predicted molar refractivity (Wildman–Crippen MR) is 90.1 cm³/mol. The Hall–Kier alpha value is -2.95. The Kier molecular flexibility index (Phi) is 4.70. The van der Waals surface area contributed by atoms with Gasteiger partial charge in [-0.1, -0.05) is 25.1 Å². The molecule has 24 heavy (non-hydrogen) atoms. The highest BCUT2D eigenvalue weighted by molar-refractivity contribution is 5.85. The summed E-state index contributed by atoms with van der Waals surface area (Å²) in [4.78, 5) is 11.4. The van der Waals surface area contributed by atoms with Crippen LogP contribution in [0.4, 0.5) is 4.39 Å². The third-order valence-corrected chi connectivity index (χ3v) is 3.56. The molecule has 0 N–H and O–H groups in total. The van der Waals surface area contributed by atoms with Gasteiger partial charge in [-0.2, -0.15) is 5.10 Å². The highest BCUT2D eigenvalue weighted by Gasteiger charge is 2.14. The van der Waals surface area contributed by atoms with Crippen molar-refractivity contribution < 1.29 is 13.9 Å². The highest BCUT2D eigenvalue weighted by Crippen LogP contribution is 2.27. The second-order valence-corrected chi connectivity index (χ2v) is 5.32. The maximum atomic E-state index is 14.2. The molecule has 0 aliphatic carbocycles. The van der Waals surface area contributed by atoms with E-state index in [1.807, 2.05) is 37.3 Å². The fourth-order valence-corrected chi connectivity index (χ4v) is 2.39. The number of halogens is 1. The predicted octanol–water partition coefficient (Wildman–Crippen LogP) is 4.28. The molecule has 122 valence electrons. The van der Waals surface area contributed by atoms with E-state index < -0.39 is 5.82 Å². The van der Waals surface area contributed by atoms with Gasteiger partial charge in [-0.15, -0.1) is 0 Å². The first-order valence-corrected chi connectivity index (χ1v) is 7.76. The number of nitrogens with zero attached hydrogens (tertiary/aromatic N) is 2. The number of carbonyl (C=O) groups is 1. The molecule has 0 radical (unpaired) electrons. The number of carbonyl (C=O) groups excluding carboxylic acids is 1. The van der Waals surface area contributed by atoms with Crippen LogP contribution >= 0.6 is 0 Å². The van der Waals surface area contributed by atoms with Gasteiger partial charge in [0.05, 0.1) is 17.9 Å². The Morgan fingerprint density at radius 1 is 1.21 bits per heavy atom. The Morgan fingerprint density at radius 3 is 2.67 bits per heavy atom. The zero-order valence-corrected chi connectivity index (χ0v) is 13.3. The quantitative estimate of drug-likeness (QED) is 0.636. The SMILES string of the molecule is CCCOc1ccc(-c2nn(-c3ccccc3)cc2C=O)cc1F. The van der Waals surface area contributed by atoms with Crippen molar-refractivity contribution in [3.63, 3.8) is 0 Å². The second-order valence-electron chi connectivity index (χ2n) is 5.32.